The molecule has 0 spiro atoms. The maximum atomic E-state index is 13.2. The average Bonchev–Trinajstić information content (AvgIpc) is 3.35. The van der Waals surface area contributed by atoms with Gasteiger partial charge in [-0.15, -0.1) is 13.2 Å². The van der Waals surface area contributed by atoms with Crippen LogP contribution in [0.25, 0.3) is 17.0 Å². The van der Waals surface area contributed by atoms with Crippen LogP contribution in [0.4, 0.5) is 13.2 Å². The molecule has 0 bridgehead atoms. The third kappa shape index (κ3) is 4.78. The fourth-order valence-electron chi connectivity index (χ4n) is 4.12. The molecule has 7 nitrogen and oxygen atoms in total. The summed E-state index contributed by atoms with van der Waals surface area (Å²) < 4.78 is 56.1. The first kappa shape index (κ1) is 24.9. The van der Waals surface area contributed by atoms with Gasteiger partial charge in [0, 0.05) is 11.8 Å². The summed E-state index contributed by atoms with van der Waals surface area (Å²) in [6.07, 6.45) is -3.48. The van der Waals surface area contributed by atoms with Crippen molar-refractivity contribution in [3.63, 3.8) is 0 Å². The number of Topliss-reactive ketones (excluding diaryl/α,β-unsaturated/α-hetero) is 1. The van der Waals surface area contributed by atoms with Crippen LogP contribution in [0, 0.1) is 11.3 Å². The minimum atomic E-state index is -4.90. The Hall–Kier alpha value is -4.78. The number of ketones is 1. The first-order valence-electron chi connectivity index (χ1n) is 11.5. The molecule has 3 heterocycles. The second-order valence-electron chi connectivity index (χ2n) is 8.99. The number of imidazole rings is 1. The van der Waals surface area contributed by atoms with Crippen molar-refractivity contribution in [3.8, 4) is 17.7 Å². The topological polar surface area (TPSA) is 85.8 Å². The van der Waals surface area contributed by atoms with E-state index in [1.165, 1.54) is 10.6 Å². The third-order valence-electron chi connectivity index (χ3n) is 5.92. The van der Waals surface area contributed by atoms with Gasteiger partial charge in [0.25, 0.3) is 0 Å². The van der Waals surface area contributed by atoms with Gasteiger partial charge in [0.2, 0.25) is 11.7 Å². The number of hydrogen-bond donors (Lipinski definition) is 0. The summed E-state index contributed by atoms with van der Waals surface area (Å²) in [6, 6.07) is 20.1. The fraction of sp³-hybridized carbons (Fsp3) is 0.179. The highest BCUT2D eigenvalue weighted by molar-refractivity contribution is 6.32. The molecule has 4 aromatic rings. The lowest BCUT2D eigenvalue weighted by atomic mass is 9.92. The normalized spacial score (nSPS) is 14.9. The second-order valence-corrected chi connectivity index (χ2v) is 8.99. The molecule has 192 valence electrons. The Morgan fingerprint density at radius 1 is 1.03 bits per heavy atom. The summed E-state index contributed by atoms with van der Waals surface area (Å²) in [7, 11) is 0. The number of ether oxygens (including phenoxy) is 3. The summed E-state index contributed by atoms with van der Waals surface area (Å²) in [4.78, 5) is 17.4. The standard InChI is InChI=1S/C28H20F3N3O4/c1-27(2)25(35)23(24(37-27)19-8-6-17(15-32)7-9-19)18-10-12-20(13-11-18)36-16-21-26(38-28(29,30)31)34-14-4-3-5-22(34)33-21/h3-14H,16H2,1-2H3. The first-order chi connectivity index (χ1) is 18.1. The number of nitrogens with zero attached hydrogens (tertiary/aromatic N) is 3. The Morgan fingerprint density at radius 2 is 1.71 bits per heavy atom. The molecule has 2 aromatic carbocycles. The Kier molecular flexibility index (Phi) is 6.07. The van der Waals surface area contributed by atoms with Gasteiger partial charge in [0.15, 0.2) is 5.60 Å². The van der Waals surface area contributed by atoms with Crippen LogP contribution in [0.3, 0.4) is 0 Å². The van der Waals surface area contributed by atoms with Gasteiger partial charge in [-0.1, -0.05) is 18.2 Å². The van der Waals surface area contributed by atoms with E-state index in [0.717, 1.165) is 0 Å². The maximum Gasteiger partial charge on any atom is 0.574 e. The third-order valence-corrected chi connectivity index (χ3v) is 5.92. The minimum absolute atomic E-state index is 0.0236. The summed E-state index contributed by atoms with van der Waals surface area (Å²) >= 11 is 0. The Bertz CT molecular complexity index is 1600. The molecule has 0 N–H and O–H groups in total. The second kappa shape index (κ2) is 9.27. The molecule has 38 heavy (non-hydrogen) atoms. The number of pyridine rings is 1. The van der Waals surface area contributed by atoms with Gasteiger partial charge in [-0.25, -0.2) is 4.98 Å². The Balaban J connectivity index is 1.41. The van der Waals surface area contributed by atoms with Crippen molar-refractivity contribution in [2.45, 2.75) is 32.4 Å². The van der Waals surface area contributed by atoms with Crippen LogP contribution in [0.2, 0.25) is 0 Å². The molecule has 0 amide bonds. The van der Waals surface area contributed by atoms with Crippen LogP contribution in [0.5, 0.6) is 11.6 Å². The molecule has 0 aliphatic carbocycles. The summed E-state index contributed by atoms with van der Waals surface area (Å²) in [5.41, 5.74) is 1.28. The molecule has 1 aliphatic rings. The van der Waals surface area contributed by atoms with E-state index in [2.05, 4.69) is 15.8 Å². The zero-order chi connectivity index (χ0) is 27.1. The van der Waals surface area contributed by atoms with Crippen LogP contribution < -0.4 is 9.47 Å². The SMILES string of the molecule is CC1(C)OC(c2ccc(C#N)cc2)=C(c2ccc(OCc3nc4ccccn4c3OC(F)(F)F)cc2)C1=O. The molecule has 5 rings (SSSR count). The van der Waals surface area contributed by atoms with Crippen molar-refractivity contribution in [2.75, 3.05) is 0 Å². The van der Waals surface area contributed by atoms with Crippen LogP contribution >= 0.6 is 0 Å². The number of alkyl halides is 3. The lowest BCUT2D eigenvalue weighted by Crippen LogP contribution is -2.29. The van der Waals surface area contributed by atoms with Crippen LogP contribution in [0.1, 0.15) is 36.2 Å². The maximum absolute atomic E-state index is 13.2. The van der Waals surface area contributed by atoms with Crippen LogP contribution in [0.15, 0.2) is 72.9 Å². The summed E-state index contributed by atoms with van der Waals surface area (Å²) in [5.74, 6) is 0.0775. The lowest BCUT2D eigenvalue weighted by Gasteiger charge is -2.17. The molecule has 0 atom stereocenters. The van der Waals surface area contributed by atoms with E-state index >= 15 is 0 Å². The van der Waals surface area contributed by atoms with Gasteiger partial charge in [-0.2, -0.15) is 5.26 Å². The first-order valence-corrected chi connectivity index (χ1v) is 11.5. The van der Waals surface area contributed by atoms with E-state index in [0.29, 0.717) is 33.8 Å². The molecular formula is C28H20F3N3O4. The molecule has 0 radical (unpaired) electrons. The number of benzene rings is 2. The van der Waals surface area contributed by atoms with Crippen LogP contribution in [-0.4, -0.2) is 27.1 Å². The Labute approximate surface area is 215 Å². The number of nitriles is 1. The van der Waals surface area contributed by atoms with Crippen molar-refractivity contribution < 1.29 is 32.2 Å². The average molecular weight is 519 g/mol. The number of carbonyl (C=O) groups excluding carboxylic acids is 1. The zero-order valence-electron chi connectivity index (χ0n) is 20.2. The highest BCUT2D eigenvalue weighted by atomic mass is 19.4. The number of rotatable bonds is 6. The number of carbonyl (C=O) groups is 1. The molecule has 0 saturated carbocycles. The fourth-order valence-corrected chi connectivity index (χ4v) is 4.12. The van der Waals surface area contributed by atoms with Gasteiger partial charge in [-0.05, 0) is 67.9 Å². The van der Waals surface area contributed by atoms with Crippen molar-refractivity contribution in [3.05, 3.63) is 95.3 Å². The van der Waals surface area contributed by atoms with E-state index in [9.17, 15) is 18.0 Å². The highest BCUT2D eigenvalue weighted by Crippen LogP contribution is 2.41. The predicted octanol–water partition coefficient (Wildman–Crippen LogP) is 5.93. The lowest BCUT2D eigenvalue weighted by molar-refractivity contribution is -0.276. The zero-order valence-corrected chi connectivity index (χ0v) is 20.2. The smallest absolute Gasteiger partial charge is 0.487 e. The van der Waals surface area contributed by atoms with Gasteiger partial charge in [0.05, 0.1) is 17.2 Å². The summed E-state index contributed by atoms with van der Waals surface area (Å²) in [6.45, 7) is 3.08. The quantitative estimate of drug-likeness (QED) is 0.314. The molecule has 10 heteroatoms. The van der Waals surface area contributed by atoms with Crippen molar-refractivity contribution in [1.82, 2.24) is 9.38 Å². The molecule has 1 aliphatic heterocycles. The number of aromatic nitrogens is 2. The monoisotopic (exact) mass is 519 g/mol. The van der Waals surface area contributed by atoms with Crippen molar-refractivity contribution in [1.29, 1.82) is 5.26 Å². The molecular weight excluding hydrogens is 499 g/mol. The molecule has 0 unspecified atom stereocenters. The van der Waals surface area contributed by atoms with Crippen molar-refractivity contribution in [2.24, 2.45) is 0 Å². The van der Waals surface area contributed by atoms with E-state index in [1.807, 2.05) is 0 Å². The van der Waals surface area contributed by atoms with Gasteiger partial charge >= 0.3 is 6.36 Å². The van der Waals surface area contributed by atoms with Gasteiger partial charge in [-0.3, -0.25) is 9.20 Å². The van der Waals surface area contributed by atoms with Gasteiger partial charge in [0.1, 0.15) is 29.5 Å². The predicted molar refractivity (Wildman–Crippen MR) is 131 cm³/mol. The number of fused-ring (bicyclic) bond motifs is 1. The Morgan fingerprint density at radius 3 is 2.37 bits per heavy atom. The summed E-state index contributed by atoms with van der Waals surface area (Å²) in [5, 5.41) is 9.07. The van der Waals surface area contributed by atoms with E-state index in [-0.39, 0.29) is 23.7 Å². The van der Waals surface area contributed by atoms with E-state index in [4.69, 9.17) is 14.7 Å². The number of halogens is 3. The largest absolute Gasteiger partial charge is 0.574 e. The van der Waals surface area contributed by atoms with Crippen LogP contribution in [-0.2, 0) is 16.1 Å². The molecule has 0 fully saturated rings. The highest BCUT2D eigenvalue weighted by Gasteiger charge is 2.42. The van der Waals surface area contributed by atoms with Gasteiger partial charge < -0.3 is 14.2 Å². The minimum Gasteiger partial charge on any atom is -0.487 e. The van der Waals surface area contributed by atoms with E-state index < -0.39 is 17.8 Å². The molecule has 0 saturated heterocycles. The van der Waals surface area contributed by atoms with E-state index in [1.54, 1.807) is 80.6 Å². The number of hydrogen-bond acceptors (Lipinski definition) is 6. The molecule has 2 aromatic heterocycles. The van der Waals surface area contributed by atoms with Crippen molar-refractivity contribution >= 4 is 22.8 Å².